The molecule has 2 heterocycles. The fourth-order valence-electron chi connectivity index (χ4n) is 9.79. The Hall–Kier alpha value is -3.22. The van der Waals surface area contributed by atoms with Gasteiger partial charge in [0.2, 0.25) is 0 Å². The van der Waals surface area contributed by atoms with Crippen LogP contribution in [0.2, 0.25) is 0 Å². The molecule has 2 aliphatic rings. The lowest BCUT2D eigenvalue weighted by molar-refractivity contribution is -0.0674. The lowest BCUT2D eigenvalue weighted by Gasteiger charge is -2.42. The highest BCUT2D eigenvalue weighted by molar-refractivity contribution is 7.42. The van der Waals surface area contributed by atoms with Crippen molar-refractivity contribution in [3.05, 3.63) is 115 Å². The third-order valence-electron chi connectivity index (χ3n) is 15.3. The molecule has 6 rings (SSSR count). The Labute approximate surface area is 457 Å². The van der Waals surface area contributed by atoms with Gasteiger partial charge in [0.05, 0.1) is 31.8 Å². The van der Waals surface area contributed by atoms with Crippen LogP contribution in [0.4, 0.5) is 0 Å². The highest BCUT2D eigenvalue weighted by Crippen LogP contribution is 2.58. The number of phenolic OH excluding ortho intramolecular Hbond substituents is 2. The first-order chi connectivity index (χ1) is 33.8. The lowest BCUT2D eigenvalue weighted by Crippen LogP contribution is -2.45. The zero-order valence-electron chi connectivity index (χ0n) is 51.3. The smallest absolute Gasteiger partial charge is 0.397 e. The number of benzene rings is 4. The first-order valence-corrected chi connectivity index (χ1v) is 29.6. The molecule has 4 aromatic carbocycles. The van der Waals surface area contributed by atoms with E-state index >= 15 is 0 Å². The van der Waals surface area contributed by atoms with Gasteiger partial charge in [-0.3, -0.25) is 0 Å². The fourth-order valence-corrected chi connectivity index (χ4v) is 12.4. The van der Waals surface area contributed by atoms with Crippen molar-refractivity contribution in [3.8, 4) is 23.0 Å². The van der Waals surface area contributed by atoms with Crippen LogP contribution in [0.15, 0.2) is 48.5 Å². The van der Waals surface area contributed by atoms with Gasteiger partial charge in [-0.2, -0.15) is 0 Å². The van der Waals surface area contributed by atoms with Crippen LogP contribution in [0.1, 0.15) is 259 Å². The lowest BCUT2D eigenvalue weighted by atomic mass is 9.74. The molecule has 0 amide bonds. The van der Waals surface area contributed by atoms with Gasteiger partial charge in [-0.15, -0.1) is 0 Å². The molecule has 10 heteroatoms. The standard InChI is InChI=1S/C65H98O8P2/c1-39(45-27-41(57(3,4)5)31-49(53(45)66)61(15,16)17)47-29-43(59(9,10)11)33-51(63(21,22)23)55(47)72-74-68-35-65(36-69-74)37-70-75(71-38-65)73-56-48(30-44(60(12,13)14)34-52(56)64(24,25)26)40(2)46-28-42(58(6,7)8)32-50(54(46)67)62(18,19)20/h27-34,39-40,66-67H,35-38H2,1-26H3. The summed E-state index contributed by atoms with van der Waals surface area (Å²) in [4.78, 5) is 0. The third kappa shape index (κ3) is 13.6. The first-order valence-electron chi connectivity index (χ1n) is 27.4. The molecule has 75 heavy (non-hydrogen) atoms. The molecule has 2 saturated heterocycles. The Morgan fingerprint density at radius 2 is 0.587 bits per heavy atom. The second kappa shape index (κ2) is 20.8. The quantitative estimate of drug-likeness (QED) is 0.169. The van der Waals surface area contributed by atoms with Gasteiger partial charge in [0, 0.05) is 45.2 Å². The molecule has 0 aliphatic carbocycles. The Morgan fingerprint density at radius 3 is 0.813 bits per heavy atom. The van der Waals surface area contributed by atoms with E-state index in [1.807, 2.05) is 0 Å². The van der Waals surface area contributed by atoms with Crippen molar-refractivity contribution >= 4 is 17.2 Å². The van der Waals surface area contributed by atoms with Crippen molar-refractivity contribution in [2.45, 2.75) is 235 Å². The first kappa shape index (κ1) is 61.0. The van der Waals surface area contributed by atoms with E-state index in [9.17, 15) is 10.2 Å². The number of hydrogen-bond donors (Lipinski definition) is 2. The number of phenols is 2. The van der Waals surface area contributed by atoms with E-state index in [1.54, 1.807) is 0 Å². The molecule has 0 aromatic heterocycles. The number of hydrogen-bond acceptors (Lipinski definition) is 8. The van der Waals surface area contributed by atoms with E-state index in [2.05, 4.69) is 229 Å². The Balaban J connectivity index is 1.32. The monoisotopic (exact) mass is 1070 g/mol. The van der Waals surface area contributed by atoms with E-state index in [0.29, 0.717) is 37.9 Å². The van der Waals surface area contributed by atoms with Crippen LogP contribution in [0, 0.1) is 5.41 Å². The third-order valence-corrected chi connectivity index (χ3v) is 17.3. The zero-order valence-corrected chi connectivity index (χ0v) is 53.1. The molecular weight excluding hydrogens is 971 g/mol. The van der Waals surface area contributed by atoms with Gasteiger partial charge < -0.3 is 37.4 Å². The largest absolute Gasteiger partial charge is 0.507 e. The van der Waals surface area contributed by atoms with E-state index in [4.69, 9.17) is 27.1 Å². The topological polar surface area (TPSA) is 95.8 Å². The summed E-state index contributed by atoms with van der Waals surface area (Å²) in [6.07, 6.45) is 0. The van der Waals surface area contributed by atoms with E-state index < -0.39 is 22.6 Å². The number of aromatic hydroxyl groups is 2. The van der Waals surface area contributed by atoms with Gasteiger partial charge in [-0.1, -0.05) is 229 Å². The highest BCUT2D eigenvalue weighted by atomic mass is 31.2. The molecule has 2 aliphatic heterocycles. The average Bonchev–Trinajstić information content (AvgIpc) is 3.24. The minimum atomic E-state index is -1.82. The van der Waals surface area contributed by atoms with Crippen LogP contribution < -0.4 is 9.05 Å². The second-order valence-electron chi connectivity index (χ2n) is 30.5. The zero-order chi connectivity index (χ0) is 56.8. The second-order valence-corrected chi connectivity index (χ2v) is 32.8. The summed E-state index contributed by atoms with van der Waals surface area (Å²) >= 11 is 0. The Bertz CT molecular complexity index is 2510. The minimum Gasteiger partial charge on any atom is -0.507 e. The molecule has 0 saturated carbocycles. The van der Waals surface area contributed by atoms with Crippen LogP contribution in [0.3, 0.4) is 0 Å². The summed E-state index contributed by atoms with van der Waals surface area (Å²) in [5.74, 6) is 1.67. The van der Waals surface area contributed by atoms with Gasteiger partial charge in [0.15, 0.2) is 0 Å². The van der Waals surface area contributed by atoms with E-state index in [-0.39, 0.29) is 55.2 Å². The highest BCUT2D eigenvalue weighted by Gasteiger charge is 2.46. The van der Waals surface area contributed by atoms with Gasteiger partial charge in [-0.05, 0) is 76.7 Å². The minimum absolute atomic E-state index is 0.135. The fraction of sp³-hybridized carbons (Fsp3) is 0.631. The van der Waals surface area contributed by atoms with Crippen LogP contribution >= 0.6 is 17.2 Å². The van der Waals surface area contributed by atoms with Crippen molar-refractivity contribution in [3.63, 3.8) is 0 Å². The predicted molar refractivity (Wildman–Crippen MR) is 315 cm³/mol. The normalized spacial score (nSPS) is 20.6. The molecule has 1 spiro atoms. The predicted octanol–water partition coefficient (Wildman–Crippen LogP) is 18.8. The molecule has 2 atom stereocenters. The van der Waals surface area contributed by atoms with Gasteiger partial charge in [-0.25, -0.2) is 0 Å². The molecule has 2 N–H and O–H groups in total. The Kier molecular flexibility index (Phi) is 16.9. The van der Waals surface area contributed by atoms with Crippen molar-refractivity contribution in [2.24, 2.45) is 5.41 Å². The molecule has 2 unspecified atom stereocenters. The summed E-state index contributed by atoms with van der Waals surface area (Å²) in [6, 6.07) is 17.8. The van der Waals surface area contributed by atoms with Gasteiger partial charge >= 0.3 is 17.2 Å². The van der Waals surface area contributed by atoms with Crippen molar-refractivity contribution in [1.82, 2.24) is 0 Å². The van der Waals surface area contributed by atoms with E-state index in [0.717, 1.165) is 56.0 Å². The average molecular weight is 1070 g/mol. The van der Waals surface area contributed by atoms with Crippen LogP contribution in [0.5, 0.6) is 23.0 Å². The number of rotatable bonds is 8. The summed E-state index contributed by atoms with van der Waals surface area (Å²) < 4.78 is 40.6. The Morgan fingerprint density at radius 1 is 0.360 bits per heavy atom. The summed E-state index contributed by atoms with van der Waals surface area (Å²) in [5, 5.41) is 24.4. The molecule has 0 radical (unpaired) electrons. The van der Waals surface area contributed by atoms with Crippen molar-refractivity contribution in [1.29, 1.82) is 0 Å². The SMILES string of the molecule is CC(c1cc(C(C)(C)C)cc(C(C)(C)C)c1O)c1cc(C(C)(C)C)cc(C(C)(C)C)c1OP1OCC2(CO1)COP(Oc1c(C(C)c3cc(C(C)(C)C)cc(C(C)(C)C)c3O)cc(C(C)(C)C)cc1C(C)(C)C)OC2. The summed E-state index contributed by atoms with van der Waals surface area (Å²) in [6.45, 7) is 58.7. The van der Waals surface area contributed by atoms with Gasteiger partial charge in [0.1, 0.15) is 23.0 Å². The molecule has 4 aromatic rings. The molecule has 416 valence electrons. The summed E-state index contributed by atoms with van der Waals surface area (Å²) in [5.41, 5.74) is 10.2. The molecule has 8 nitrogen and oxygen atoms in total. The maximum absolute atomic E-state index is 12.2. The van der Waals surface area contributed by atoms with Crippen LogP contribution in [-0.2, 0) is 61.4 Å². The molecular formula is C65H98O8P2. The van der Waals surface area contributed by atoms with E-state index in [1.165, 1.54) is 22.3 Å². The van der Waals surface area contributed by atoms with Gasteiger partial charge in [0.25, 0.3) is 0 Å². The molecule has 2 fully saturated rings. The van der Waals surface area contributed by atoms with Crippen LogP contribution in [-0.4, -0.2) is 36.6 Å². The van der Waals surface area contributed by atoms with Crippen LogP contribution in [0.25, 0.3) is 0 Å². The van der Waals surface area contributed by atoms with Crippen molar-refractivity contribution < 1.29 is 37.4 Å². The summed E-state index contributed by atoms with van der Waals surface area (Å²) in [7, 11) is -3.65. The maximum Gasteiger partial charge on any atom is 0.397 e. The maximum atomic E-state index is 12.2. The van der Waals surface area contributed by atoms with Crippen molar-refractivity contribution in [2.75, 3.05) is 26.4 Å². The molecule has 0 bridgehead atoms.